The van der Waals surface area contributed by atoms with Crippen LogP contribution in [0.3, 0.4) is 0 Å². The number of alkyl halides is 1. The summed E-state index contributed by atoms with van der Waals surface area (Å²) < 4.78 is 12.5. The van der Waals surface area contributed by atoms with Crippen LogP contribution in [-0.2, 0) is 4.79 Å². The summed E-state index contributed by atoms with van der Waals surface area (Å²) in [5.74, 6) is -1.32. The van der Waals surface area contributed by atoms with Crippen LogP contribution >= 0.6 is 0 Å². The Labute approximate surface area is 100 Å². The van der Waals surface area contributed by atoms with Crippen molar-refractivity contribution in [3.63, 3.8) is 0 Å². The van der Waals surface area contributed by atoms with E-state index in [1.807, 2.05) is 6.92 Å². The predicted octanol–water partition coefficient (Wildman–Crippen LogP) is -0.0397. The molecule has 0 saturated heterocycles. The highest BCUT2D eigenvalue weighted by atomic mass is 19.1. The maximum Gasteiger partial charge on any atom is 0.326 e. The number of hydrogen-bond acceptors (Lipinski definition) is 3. The minimum absolute atomic E-state index is 0.000382. The molecule has 0 bridgehead atoms. The molecule has 7 N–H and O–H groups in total. The molecule has 0 radical (unpaired) electrons. The van der Waals surface area contributed by atoms with Gasteiger partial charge in [0.2, 0.25) is 0 Å². The fourth-order valence-corrected chi connectivity index (χ4v) is 1.45. The van der Waals surface area contributed by atoms with Gasteiger partial charge in [-0.25, -0.2) is 4.39 Å². The Hall–Kier alpha value is -1.37. The van der Waals surface area contributed by atoms with Crippen LogP contribution in [0.4, 0.5) is 4.39 Å². The molecule has 0 aliphatic rings. The molecule has 100 valence electrons. The Morgan fingerprint density at radius 2 is 2.12 bits per heavy atom. The molecule has 17 heavy (non-hydrogen) atoms. The zero-order valence-electron chi connectivity index (χ0n) is 10.0. The van der Waals surface area contributed by atoms with Crippen molar-refractivity contribution in [2.75, 3.05) is 6.67 Å². The van der Waals surface area contributed by atoms with Crippen LogP contribution in [0.5, 0.6) is 0 Å². The predicted molar refractivity (Wildman–Crippen MR) is 64.3 cm³/mol. The van der Waals surface area contributed by atoms with Gasteiger partial charge in [0.25, 0.3) is 0 Å². The summed E-state index contributed by atoms with van der Waals surface area (Å²) in [7, 11) is 0. The number of nitrogens with zero attached hydrogens (tertiary/aromatic N) is 1. The van der Waals surface area contributed by atoms with Crippen molar-refractivity contribution >= 4 is 11.9 Å². The van der Waals surface area contributed by atoms with Crippen molar-refractivity contribution in [3.05, 3.63) is 0 Å². The Morgan fingerprint density at radius 3 is 2.47 bits per heavy atom. The molecule has 7 heteroatoms. The highest BCUT2D eigenvalue weighted by Gasteiger charge is 2.33. The number of carbonyl (C=O) groups is 1. The monoisotopic (exact) mass is 248 g/mol. The van der Waals surface area contributed by atoms with Gasteiger partial charge in [-0.3, -0.25) is 9.79 Å². The second-order valence-electron chi connectivity index (χ2n) is 4.10. The van der Waals surface area contributed by atoms with Crippen molar-refractivity contribution in [1.29, 1.82) is 0 Å². The number of guanidine groups is 1. The molecule has 0 aliphatic heterocycles. The van der Waals surface area contributed by atoms with Crippen LogP contribution in [0.15, 0.2) is 4.99 Å². The minimum atomic E-state index is -1.80. The van der Waals surface area contributed by atoms with Crippen molar-refractivity contribution in [1.82, 2.24) is 0 Å². The highest BCUT2D eigenvalue weighted by Crippen LogP contribution is 2.16. The Balaban J connectivity index is 4.20. The van der Waals surface area contributed by atoms with E-state index in [1.54, 1.807) is 0 Å². The van der Waals surface area contributed by atoms with Gasteiger partial charge in [-0.2, -0.15) is 0 Å². The van der Waals surface area contributed by atoms with Crippen LogP contribution in [0.2, 0.25) is 0 Å². The van der Waals surface area contributed by atoms with Gasteiger partial charge in [0, 0.05) is 0 Å². The standard InChI is InChI=1S/C10H21FN4O2/c1-2-7(15-9(12)13)4-3-5-10(14,6-11)8(16)17/h7H,2-6,14H2,1H3,(H,16,17)(H4,12,13,15). The molecule has 2 unspecified atom stereocenters. The molecule has 0 aliphatic carbocycles. The smallest absolute Gasteiger partial charge is 0.326 e. The first kappa shape index (κ1) is 15.6. The molecule has 0 heterocycles. The first-order chi connectivity index (χ1) is 7.85. The van der Waals surface area contributed by atoms with Crippen molar-refractivity contribution < 1.29 is 14.3 Å². The average Bonchev–Trinajstić information content (AvgIpc) is 2.26. The van der Waals surface area contributed by atoms with Gasteiger partial charge in [-0.15, -0.1) is 0 Å². The maximum atomic E-state index is 12.5. The van der Waals surface area contributed by atoms with E-state index >= 15 is 0 Å². The van der Waals surface area contributed by atoms with Crippen molar-refractivity contribution in [3.8, 4) is 0 Å². The lowest BCUT2D eigenvalue weighted by Gasteiger charge is -2.21. The van der Waals surface area contributed by atoms with E-state index < -0.39 is 18.2 Å². The highest BCUT2D eigenvalue weighted by molar-refractivity contribution is 5.78. The molecular formula is C10H21FN4O2. The van der Waals surface area contributed by atoms with Gasteiger partial charge in [-0.1, -0.05) is 6.92 Å². The molecular weight excluding hydrogens is 227 g/mol. The molecule has 6 nitrogen and oxygen atoms in total. The van der Waals surface area contributed by atoms with Gasteiger partial charge in [0.15, 0.2) is 5.96 Å². The average molecular weight is 248 g/mol. The van der Waals surface area contributed by atoms with Gasteiger partial charge in [0.05, 0.1) is 6.04 Å². The van der Waals surface area contributed by atoms with E-state index in [0.29, 0.717) is 12.8 Å². The second-order valence-corrected chi connectivity index (χ2v) is 4.10. The molecule has 0 saturated carbocycles. The molecule has 0 aromatic rings. The fraction of sp³-hybridized carbons (Fsp3) is 0.800. The molecule has 0 fully saturated rings. The summed E-state index contributed by atoms with van der Waals surface area (Å²) in [6.07, 6.45) is 1.84. The Kier molecular flexibility index (Phi) is 6.48. The molecule has 0 aromatic heterocycles. The third-order valence-corrected chi connectivity index (χ3v) is 2.63. The number of hydrogen-bond donors (Lipinski definition) is 4. The number of aliphatic imine (C=N–C) groups is 1. The largest absolute Gasteiger partial charge is 0.480 e. The molecule has 0 spiro atoms. The Bertz CT molecular complexity index is 281. The lowest BCUT2D eigenvalue weighted by atomic mass is 9.94. The van der Waals surface area contributed by atoms with Crippen LogP contribution in [0.1, 0.15) is 32.6 Å². The third kappa shape index (κ3) is 5.48. The van der Waals surface area contributed by atoms with Crippen LogP contribution in [0.25, 0.3) is 0 Å². The SMILES string of the molecule is CCC(CCCC(N)(CF)C(=O)O)N=C(N)N. The number of aliphatic carboxylic acids is 1. The molecule has 2 atom stereocenters. The van der Waals surface area contributed by atoms with Crippen LogP contribution in [-0.4, -0.2) is 35.3 Å². The number of carboxylic acids is 1. The summed E-state index contributed by atoms with van der Waals surface area (Å²) in [6, 6.07) is -0.0716. The minimum Gasteiger partial charge on any atom is -0.480 e. The lowest BCUT2D eigenvalue weighted by Crippen LogP contribution is -2.50. The maximum absolute atomic E-state index is 12.5. The van der Waals surface area contributed by atoms with E-state index in [2.05, 4.69) is 4.99 Å². The molecule has 0 amide bonds. The number of nitrogens with two attached hydrogens (primary N) is 3. The lowest BCUT2D eigenvalue weighted by molar-refractivity contribution is -0.144. The zero-order chi connectivity index (χ0) is 13.5. The van der Waals surface area contributed by atoms with E-state index in [0.717, 1.165) is 6.42 Å². The van der Waals surface area contributed by atoms with Gasteiger partial charge < -0.3 is 22.3 Å². The summed E-state index contributed by atoms with van der Waals surface area (Å²) in [5, 5.41) is 8.77. The summed E-state index contributed by atoms with van der Waals surface area (Å²) in [6.45, 7) is 0.834. The van der Waals surface area contributed by atoms with Crippen molar-refractivity contribution in [2.45, 2.75) is 44.2 Å². The second kappa shape index (κ2) is 7.05. The molecule has 0 aromatic carbocycles. The third-order valence-electron chi connectivity index (χ3n) is 2.63. The fourth-order valence-electron chi connectivity index (χ4n) is 1.45. The summed E-state index contributed by atoms with van der Waals surface area (Å²) >= 11 is 0. The zero-order valence-corrected chi connectivity index (χ0v) is 10.0. The first-order valence-electron chi connectivity index (χ1n) is 5.52. The summed E-state index contributed by atoms with van der Waals surface area (Å²) in [4.78, 5) is 14.7. The summed E-state index contributed by atoms with van der Waals surface area (Å²) in [5.41, 5.74) is 14.1. The normalized spacial score (nSPS) is 15.9. The number of halogens is 1. The van der Waals surface area contributed by atoms with E-state index in [1.165, 1.54) is 0 Å². The Morgan fingerprint density at radius 1 is 1.53 bits per heavy atom. The number of carboxylic acid groups (broad SMARTS) is 1. The van der Waals surface area contributed by atoms with Crippen LogP contribution < -0.4 is 17.2 Å². The van der Waals surface area contributed by atoms with E-state index in [4.69, 9.17) is 22.3 Å². The van der Waals surface area contributed by atoms with Gasteiger partial charge in [-0.05, 0) is 25.7 Å². The van der Waals surface area contributed by atoms with E-state index in [9.17, 15) is 9.18 Å². The van der Waals surface area contributed by atoms with Crippen molar-refractivity contribution in [2.24, 2.45) is 22.2 Å². The van der Waals surface area contributed by atoms with Gasteiger partial charge >= 0.3 is 5.97 Å². The molecule has 0 rings (SSSR count). The first-order valence-corrected chi connectivity index (χ1v) is 5.52. The van der Waals surface area contributed by atoms with Crippen LogP contribution in [0, 0.1) is 0 Å². The number of rotatable bonds is 8. The van der Waals surface area contributed by atoms with Gasteiger partial charge in [0.1, 0.15) is 12.2 Å². The quantitative estimate of drug-likeness (QED) is 0.354. The van der Waals surface area contributed by atoms with E-state index in [-0.39, 0.29) is 18.4 Å². The topological polar surface area (TPSA) is 128 Å².